The van der Waals surface area contributed by atoms with Crippen molar-refractivity contribution in [2.45, 2.75) is 19.6 Å². The van der Waals surface area contributed by atoms with Crippen molar-refractivity contribution in [1.82, 2.24) is 4.98 Å². The molecule has 0 spiro atoms. The van der Waals surface area contributed by atoms with Gasteiger partial charge in [0, 0.05) is 18.3 Å². The van der Waals surface area contributed by atoms with Crippen LogP contribution < -0.4 is 5.32 Å². The SMILES string of the molecule is Cc1ccnc(NC[C@@H](O)COCc2ccccc2)c1[N+](=O)[O-]. The summed E-state index contributed by atoms with van der Waals surface area (Å²) < 4.78 is 5.43. The number of ether oxygens (including phenoxy) is 1. The Kier molecular flexibility index (Phi) is 6.02. The zero-order valence-corrected chi connectivity index (χ0v) is 12.8. The van der Waals surface area contributed by atoms with E-state index in [9.17, 15) is 15.2 Å². The largest absolute Gasteiger partial charge is 0.389 e. The van der Waals surface area contributed by atoms with Crippen molar-refractivity contribution >= 4 is 11.5 Å². The molecule has 7 nitrogen and oxygen atoms in total. The average Bonchev–Trinajstić information content (AvgIpc) is 2.53. The van der Waals surface area contributed by atoms with Crippen LogP contribution in [0.4, 0.5) is 11.5 Å². The number of benzene rings is 1. The number of hydrogen-bond acceptors (Lipinski definition) is 6. The molecule has 0 aliphatic heterocycles. The summed E-state index contributed by atoms with van der Waals surface area (Å²) in [4.78, 5) is 14.5. The second-order valence-electron chi connectivity index (χ2n) is 5.12. The Bertz CT molecular complexity index is 649. The zero-order chi connectivity index (χ0) is 16.7. The van der Waals surface area contributed by atoms with Crippen molar-refractivity contribution in [3.63, 3.8) is 0 Å². The van der Waals surface area contributed by atoms with Crippen LogP contribution in [0.3, 0.4) is 0 Å². The second-order valence-corrected chi connectivity index (χ2v) is 5.12. The molecule has 0 amide bonds. The molecule has 0 unspecified atom stereocenters. The minimum Gasteiger partial charge on any atom is -0.389 e. The smallest absolute Gasteiger partial charge is 0.314 e. The second kappa shape index (κ2) is 8.21. The minimum absolute atomic E-state index is 0.0788. The summed E-state index contributed by atoms with van der Waals surface area (Å²) in [5.74, 6) is 0.150. The third-order valence-electron chi connectivity index (χ3n) is 3.24. The maximum atomic E-state index is 11.1. The lowest BCUT2D eigenvalue weighted by Gasteiger charge is -2.13. The number of aliphatic hydroxyl groups excluding tert-OH is 1. The highest BCUT2D eigenvalue weighted by atomic mass is 16.6. The molecule has 0 bridgehead atoms. The van der Waals surface area contributed by atoms with Gasteiger partial charge in [-0.1, -0.05) is 30.3 Å². The van der Waals surface area contributed by atoms with E-state index in [0.29, 0.717) is 12.2 Å². The van der Waals surface area contributed by atoms with E-state index >= 15 is 0 Å². The van der Waals surface area contributed by atoms with Crippen LogP contribution >= 0.6 is 0 Å². The van der Waals surface area contributed by atoms with Crippen LogP contribution in [0.15, 0.2) is 42.6 Å². The van der Waals surface area contributed by atoms with E-state index in [1.807, 2.05) is 30.3 Å². The maximum absolute atomic E-state index is 11.1. The van der Waals surface area contributed by atoms with E-state index in [0.717, 1.165) is 5.56 Å². The fourth-order valence-electron chi connectivity index (χ4n) is 2.07. The molecular weight excluding hydrogens is 298 g/mol. The minimum atomic E-state index is -0.791. The summed E-state index contributed by atoms with van der Waals surface area (Å²) in [6.45, 7) is 2.29. The summed E-state index contributed by atoms with van der Waals surface area (Å²) >= 11 is 0. The molecular formula is C16H19N3O4. The third-order valence-corrected chi connectivity index (χ3v) is 3.24. The van der Waals surface area contributed by atoms with Crippen LogP contribution in [0.2, 0.25) is 0 Å². The topological polar surface area (TPSA) is 97.5 Å². The number of nitrogens with zero attached hydrogens (tertiary/aromatic N) is 2. The molecule has 0 saturated heterocycles. The van der Waals surface area contributed by atoms with Gasteiger partial charge in [0.1, 0.15) is 0 Å². The summed E-state index contributed by atoms with van der Waals surface area (Å²) in [5, 5.41) is 23.8. The molecule has 1 aromatic heterocycles. The molecule has 0 radical (unpaired) electrons. The molecule has 1 atom stereocenters. The van der Waals surface area contributed by atoms with Gasteiger partial charge >= 0.3 is 5.69 Å². The van der Waals surface area contributed by atoms with Gasteiger partial charge < -0.3 is 15.2 Å². The molecule has 2 rings (SSSR count). The highest BCUT2D eigenvalue weighted by molar-refractivity contribution is 5.59. The average molecular weight is 317 g/mol. The summed E-state index contributed by atoms with van der Waals surface area (Å²) in [5.41, 5.74) is 1.45. The van der Waals surface area contributed by atoms with Crippen molar-refractivity contribution in [2.75, 3.05) is 18.5 Å². The number of nitrogens with one attached hydrogen (secondary N) is 1. The molecule has 0 fully saturated rings. The Morgan fingerprint density at radius 3 is 2.78 bits per heavy atom. The van der Waals surface area contributed by atoms with Crippen molar-refractivity contribution in [3.05, 3.63) is 63.8 Å². The first-order valence-electron chi connectivity index (χ1n) is 7.21. The first kappa shape index (κ1) is 16.9. The van der Waals surface area contributed by atoms with Crippen LogP contribution in [-0.2, 0) is 11.3 Å². The van der Waals surface area contributed by atoms with Crippen LogP contribution in [0.5, 0.6) is 0 Å². The number of pyridine rings is 1. The molecule has 1 heterocycles. The van der Waals surface area contributed by atoms with Crippen molar-refractivity contribution in [2.24, 2.45) is 0 Å². The van der Waals surface area contributed by atoms with E-state index in [2.05, 4.69) is 10.3 Å². The van der Waals surface area contributed by atoms with Gasteiger partial charge in [-0.3, -0.25) is 10.1 Å². The standard InChI is InChI=1S/C16H19N3O4/c1-12-7-8-17-16(15(12)19(21)22)18-9-14(20)11-23-10-13-5-3-2-4-6-13/h2-8,14,20H,9-11H2,1H3,(H,17,18)/t14-/m1/s1. The number of rotatable bonds is 8. The predicted octanol–water partition coefficient (Wildman–Crippen LogP) is 2.29. The first-order valence-corrected chi connectivity index (χ1v) is 7.21. The van der Waals surface area contributed by atoms with E-state index in [4.69, 9.17) is 4.74 Å². The predicted molar refractivity (Wildman–Crippen MR) is 86.2 cm³/mol. The number of hydrogen-bond donors (Lipinski definition) is 2. The van der Waals surface area contributed by atoms with Gasteiger partial charge in [-0.25, -0.2) is 4.98 Å². The lowest BCUT2D eigenvalue weighted by molar-refractivity contribution is -0.384. The zero-order valence-electron chi connectivity index (χ0n) is 12.8. The summed E-state index contributed by atoms with van der Waals surface area (Å²) in [7, 11) is 0. The Hall–Kier alpha value is -2.51. The van der Waals surface area contributed by atoms with Crippen LogP contribution in [0.25, 0.3) is 0 Å². The number of aryl methyl sites for hydroxylation is 1. The molecule has 2 aromatic rings. The molecule has 0 aliphatic rings. The van der Waals surface area contributed by atoms with Crippen LogP contribution in [-0.4, -0.2) is 34.3 Å². The van der Waals surface area contributed by atoms with Gasteiger partial charge in [0.25, 0.3) is 0 Å². The maximum Gasteiger partial charge on any atom is 0.314 e. The number of anilines is 1. The van der Waals surface area contributed by atoms with Gasteiger partial charge in [-0.15, -0.1) is 0 Å². The van der Waals surface area contributed by atoms with E-state index in [-0.39, 0.29) is 24.7 Å². The van der Waals surface area contributed by atoms with Crippen molar-refractivity contribution in [3.8, 4) is 0 Å². The van der Waals surface area contributed by atoms with E-state index < -0.39 is 11.0 Å². The van der Waals surface area contributed by atoms with Gasteiger partial charge in [0.15, 0.2) is 0 Å². The molecule has 1 aromatic carbocycles. The van der Waals surface area contributed by atoms with Gasteiger partial charge in [-0.2, -0.15) is 0 Å². The van der Waals surface area contributed by atoms with Gasteiger partial charge in [0.2, 0.25) is 5.82 Å². The number of aliphatic hydroxyl groups is 1. The van der Waals surface area contributed by atoms with Crippen molar-refractivity contribution < 1.29 is 14.8 Å². The van der Waals surface area contributed by atoms with Gasteiger partial charge in [0.05, 0.1) is 24.2 Å². The molecule has 7 heteroatoms. The fraction of sp³-hybridized carbons (Fsp3) is 0.312. The third kappa shape index (κ3) is 5.01. The number of nitro groups is 1. The molecule has 23 heavy (non-hydrogen) atoms. The Morgan fingerprint density at radius 1 is 1.35 bits per heavy atom. The van der Waals surface area contributed by atoms with E-state index in [1.54, 1.807) is 13.0 Å². The molecule has 0 saturated carbocycles. The summed E-state index contributed by atoms with van der Waals surface area (Å²) in [6.07, 6.45) is 0.698. The normalized spacial score (nSPS) is 11.9. The lowest BCUT2D eigenvalue weighted by atomic mass is 10.2. The Balaban J connectivity index is 1.82. The first-order chi connectivity index (χ1) is 11.1. The van der Waals surface area contributed by atoms with Crippen molar-refractivity contribution in [1.29, 1.82) is 0 Å². The molecule has 122 valence electrons. The molecule has 2 N–H and O–H groups in total. The van der Waals surface area contributed by atoms with Gasteiger partial charge in [-0.05, 0) is 18.6 Å². The fourth-order valence-corrected chi connectivity index (χ4v) is 2.07. The highest BCUT2D eigenvalue weighted by Crippen LogP contribution is 2.25. The highest BCUT2D eigenvalue weighted by Gasteiger charge is 2.18. The Labute approximate surface area is 134 Å². The lowest BCUT2D eigenvalue weighted by Crippen LogP contribution is -2.25. The molecule has 0 aliphatic carbocycles. The quantitative estimate of drug-likeness (QED) is 0.572. The number of aromatic nitrogens is 1. The van der Waals surface area contributed by atoms with E-state index in [1.165, 1.54) is 6.20 Å². The Morgan fingerprint density at radius 2 is 2.09 bits per heavy atom. The monoisotopic (exact) mass is 317 g/mol. The summed E-state index contributed by atoms with van der Waals surface area (Å²) in [6, 6.07) is 11.2. The van der Waals surface area contributed by atoms with Crippen LogP contribution in [0, 0.1) is 17.0 Å². The van der Waals surface area contributed by atoms with Crippen LogP contribution in [0.1, 0.15) is 11.1 Å².